The van der Waals surface area contributed by atoms with E-state index in [-0.39, 0.29) is 4.90 Å². The van der Waals surface area contributed by atoms with Gasteiger partial charge in [0, 0.05) is 12.1 Å². The average Bonchev–Trinajstić information content (AvgIpc) is 2.54. The molecule has 0 aliphatic heterocycles. The number of rotatable bonds is 7. The smallest absolute Gasteiger partial charge is 0.200 e. The third-order valence-electron chi connectivity index (χ3n) is 3.44. The van der Waals surface area contributed by atoms with Crippen molar-refractivity contribution in [2.45, 2.75) is 38.0 Å². The van der Waals surface area contributed by atoms with Gasteiger partial charge in [-0.05, 0) is 31.0 Å². The monoisotopic (exact) mass is 330 g/mol. The Balaban J connectivity index is 2.14. The highest BCUT2D eigenvalue weighted by molar-refractivity contribution is 7.89. The molecule has 0 aliphatic carbocycles. The Morgan fingerprint density at radius 3 is 2.30 bits per heavy atom. The van der Waals surface area contributed by atoms with E-state index in [9.17, 15) is 8.42 Å². The first-order chi connectivity index (χ1) is 11.0. The van der Waals surface area contributed by atoms with Crippen LogP contribution in [0.3, 0.4) is 0 Å². The molecule has 0 aliphatic rings. The minimum Gasteiger partial charge on any atom is -0.200 e. The molecule has 4 nitrogen and oxygen atoms in total. The predicted molar refractivity (Wildman–Crippen MR) is 94.0 cm³/mol. The number of aryl methyl sites for hydroxylation is 1. The third-order valence-corrected chi connectivity index (χ3v) is 4.67. The third kappa shape index (κ3) is 5.21. The standard InChI is InChI=1S/C18H22N2O2S/c1-3-7-17(14-16-8-5-4-6-9-16)19-20-23(21,22)18-12-10-15(2)11-13-18/h4-6,8-13,20H,3,7,14H2,1-2H3. The van der Waals surface area contributed by atoms with Gasteiger partial charge in [-0.1, -0.05) is 61.4 Å². The molecule has 2 aromatic carbocycles. The van der Waals surface area contributed by atoms with Crippen LogP contribution in [0.1, 0.15) is 30.9 Å². The molecule has 0 heterocycles. The Bertz CT molecular complexity index is 751. The van der Waals surface area contributed by atoms with E-state index < -0.39 is 10.0 Å². The number of hydrazone groups is 1. The van der Waals surface area contributed by atoms with Gasteiger partial charge in [-0.2, -0.15) is 13.5 Å². The van der Waals surface area contributed by atoms with Crippen molar-refractivity contribution in [1.29, 1.82) is 0 Å². The fourth-order valence-corrected chi connectivity index (χ4v) is 3.05. The Labute approximate surface area is 138 Å². The normalized spacial score (nSPS) is 12.2. The first-order valence-corrected chi connectivity index (χ1v) is 9.17. The Morgan fingerprint density at radius 1 is 1.04 bits per heavy atom. The molecular formula is C18H22N2O2S. The quantitative estimate of drug-likeness (QED) is 0.622. The van der Waals surface area contributed by atoms with Gasteiger partial charge in [0.25, 0.3) is 10.0 Å². The van der Waals surface area contributed by atoms with Crippen molar-refractivity contribution in [3.05, 3.63) is 65.7 Å². The second-order valence-electron chi connectivity index (χ2n) is 5.50. The van der Waals surface area contributed by atoms with Crippen molar-refractivity contribution >= 4 is 15.7 Å². The van der Waals surface area contributed by atoms with Crippen molar-refractivity contribution in [1.82, 2.24) is 4.83 Å². The van der Waals surface area contributed by atoms with Gasteiger partial charge >= 0.3 is 0 Å². The van der Waals surface area contributed by atoms with E-state index in [2.05, 4.69) is 16.9 Å². The molecule has 0 radical (unpaired) electrons. The van der Waals surface area contributed by atoms with Crippen molar-refractivity contribution < 1.29 is 8.42 Å². The van der Waals surface area contributed by atoms with E-state index in [1.54, 1.807) is 24.3 Å². The highest BCUT2D eigenvalue weighted by atomic mass is 32.2. The van der Waals surface area contributed by atoms with Crippen molar-refractivity contribution in [2.75, 3.05) is 0 Å². The van der Waals surface area contributed by atoms with Gasteiger partial charge in [0.05, 0.1) is 4.90 Å². The second-order valence-corrected chi connectivity index (χ2v) is 7.16. The van der Waals surface area contributed by atoms with Crippen LogP contribution >= 0.6 is 0 Å². The largest absolute Gasteiger partial charge is 0.276 e. The van der Waals surface area contributed by atoms with Crippen molar-refractivity contribution in [2.24, 2.45) is 5.10 Å². The number of benzene rings is 2. The first kappa shape index (κ1) is 17.2. The molecule has 0 atom stereocenters. The zero-order chi connectivity index (χ0) is 16.7. The maximum atomic E-state index is 12.3. The number of nitrogens with one attached hydrogen (secondary N) is 1. The molecule has 0 amide bonds. The summed E-state index contributed by atoms with van der Waals surface area (Å²) in [6, 6.07) is 16.6. The van der Waals surface area contributed by atoms with Gasteiger partial charge in [-0.3, -0.25) is 0 Å². The molecule has 0 spiro atoms. The zero-order valence-electron chi connectivity index (χ0n) is 13.5. The molecule has 0 saturated carbocycles. The van der Waals surface area contributed by atoms with Crippen molar-refractivity contribution in [3.8, 4) is 0 Å². The Kier molecular flexibility index (Phi) is 5.93. The van der Waals surface area contributed by atoms with Gasteiger partial charge in [0.1, 0.15) is 0 Å². The molecule has 0 fully saturated rings. The molecule has 2 aromatic rings. The van der Waals surface area contributed by atoms with Crippen LogP contribution in [0.4, 0.5) is 0 Å². The summed E-state index contributed by atoms with van der Waals surface area (Å²) in [6.07, 6.45) is 2.31. The number of sulfonamides is 1. The molecule has 5 heteroatoms. The van der Waals surface area contributed by atoms with Crippen LogP contribution in [-0.4, -0.2) is 14.1 Å². The van der Waals surface area contributed by atoms with Gasteiger partial charge < -0.3 is 0 Å². The molecule has 122 valence electrons. The molecule has 0 saturated heterocycles. The van der Waals surface area contributed by atoms with Crippen LogP contribution in [-0.2, 0) is 16.4 Å². The fourth-order valence-electron chi connectivity index (χ4n) is 2.20. The lowest BCUT2D eigenvalue weighted by Crippen LogP contribution is -2.21. The molecule has 23 heavy (non-hydrogen) atoms. The van der Waals surface area contributed by atoms with E-state index in [0.29, 0.717) is 6.42 Å². The minimum absolute atomic E-state index is 0.224. The summed E-state index contributed by atoms with van der Waals surface area (Å²) >= 11 is 0. The average molecular weight is 330 g/mol. The second kappa shape index (κ2) is 7.92. The lowest BCUT2D eigenvalue weighted by atomic mass is 10.1. The predicted octanol–water partition coefficient (Wildman–Crippen LogP) is 3.67. The number of hydrogen-bond donors (Lipinski definition) is 1. The summed E-state index contributed by atoms with van der Waals surface area (Å²) in [4.78, 5) is 2.58. The summed E-state index contributed by atoms with van der Waals surface area (Å²) in [6.45, 7) is 3.97. The van der Waals surface area contributed by atoms with Crippen LogP contribution in [0.25, 0.3) is 0 Å². The zero-order valence-corrected chi connectivity index (χ0v) is 14.3. The molecule has 1 N–H and O–H groups in total. The Morgan fingerprint density at radius 2 is 1.70 bits per heavy atom. The van der Waals surface area contributed by atoms with E-state index in [1.165, 1.54) is 0 Å². The maximum absolute atomic E-state index is 12.3. The molecule has 2 rings (SSSR count). The van der Waals surface area contributed by atoms with Crippen LogP contribution in [0, 0.1) is 6.92 Å². The van der Waals surface area contributed by atoms with E-state index >= 15 is 0 Å². The topological polar surface area (TPSA) is 58.5 Å². The summed E-state index contributed by atoms with van der Waals surface area (Å²) in [7, 11) is -3.62. The number of nitrogens with zero attached hydrogens (tertiary/aromatic N) is 1. The van der Waals surface area contributed by atoms with Crippen LogP contribution in [0.15, 0.2) is 64.6 Å². The van der Waals surface area contributed by atoms with Gasteiger partial charge in [0.15, 0.2) is 0 Å². The van der Waals surface area contributed by atoms with Gasteiger partial charge in [0.2, 0.25) is 0 Å². The summed E-state index contributed by atoms with van der Waals surface area (Å²) in [5.74, 6) is 0. The fraction of sp³-hybridized carbons (Fsp3) is 0.278. The highest BCUT2D eigenvalue weighted by Crippen LogP contribution is 2.10. The molecule has 0 aromatic heterocycles. The van der Waals surface area contributed by atoms with Crippen LogP contribution in [0.2, 0.25) is 0 Å². The highest BCUT2D eigenvalue weighted by Gasteiger charge is 2.13. The van der Waals surface area contributed by atoms with E-state index in [1.807, 2.05) is 37.3 Å². The van der Waals surface area contributed by atoms with Crippen LogP contribution < -0.4 is 4.83 Å². The Hall–Kier alpha value is -2.14. The summed E-state index contributed by atoms with van der Waals surface area (Å²) < 4.78 is 24.6. The van der Waals surface area contributed by atoms with Gasteiger partial charge in [-0.15, -0.1) is 0 Å². The lowest BCUT2D eigenvalue weighted by molar-refractivity contribution is 0.584. The van der Waals surface area contributed by atoms with E-state index in [4.69, 9.17) is 0 Å². The minimum atomic E-state index is -3.62. The lowest BCUT2D eigenvalue weighted by Gasteiger charge is -2.08. The van der Waals surface area contributed by atoms with Crippen LogP contribution in [0.5, 0.6) is 0 Å². The van der Waals surface area contributed by atoms with Crippen molar-refractivity contribution in [3.63, 3.8) is 0 Å². The summed E-state index contributed by atoms with van der Waals surface area (Å²) in [5, 5.41) is 4.16. The molecule has 0 bridgehead atoms. The van der Waals surface area contributed by atoms with Gasteiger partial charge in [-0.25, -0.2) is 4.83 Å². The number of hydrogen-bond acceptors (Lipinski definition) is 3. The maximum Gasteiger partial charge on any atom is 0.276 e. The molecular weight excluding hydrogens is 308 g/mol. The summed E-state index contributed by atoms with van der Waals surface area (Å²) in [5.41, 5.74) is 2.96. The first-order valence-electron chi connectivity index (χ1n) is 7.69. The molecule has 0 unspecified atom stereocenters. The SMILES string of the molecule is CCCC(Cc1ccccc1)=NNS(=O)(=O)c1ccc(C)cc1. The van der Waals surface area contributed by atoms with E-state index in [0.717, 1.165) is 29.7 Å².